The summed E-state index contributed by atoms with van der Waals surface area (Å²) in [5.74, 6) is 1.27. The van der Waals surface area contributed by atoms with Gasteiger partial charge < -0.3 is 19.4 Å². The van der Waals surface area contributed by atoms with Crippen LogP contribution in [0, 0.1) is 0 Å². The lowest BCUT2D eigenvalue weighted by Crippen LogP contribution is -2.17. The molecule has 0 aliphatic carbocycles. The Morgan fingerprint density at radius 1 is 1.62 bits per heavy atom. The molecule has 0 bridgehead atoms. The maximum atomic E-state index is 9.47. The largest absolute Gasteiger partial charge is 0.390 e. The Balaban J connectivity index is 2.03. The third kappa shape index (κ3) is 2.44. The Hall–Kier alpha value is -1.73. The van der Waals surface area contributed by atoms with Crippen LogP contribution in [0.4, 0.5) is 0 Å². The third-order valence-corrected chi connectivity index (χ3v) is 1.95. The van der Waals surface area contributed by atoms with Gasteiger partial charge in [-0.15, -0.1) is 0 Å². The van der Waals surface area contributed by atoms with Crippen molar-refractivity contribution in [2.45, 2.75) is 12.5 Å². The van der Waals surface area contributed by atoms with Crippen LogP contribution >= 0.6 is 0 Å². The average molecular weight is 224 g/mol. The summed E-state index contributed by atoms with van der Waals surface area (Å²) in [7, 11) is 1.52. The first-order valence-corrected chi connectivity index (χ1v) is 4.79. The van der Waals surface area contributed by atoms with Crippen LogP contribution in [-0.4, -0.2) is 45.0 Å². The number of aliphatic hydroxyl groups is 1. The molecule has 1 unspecified atom stereocenters. The number of rotatable bonds is 5. The predicted octanol–water partition coefficient (Wildman–Crippen LogP) is 0.00950. The van der Waals surface area contributed by atoms with E-state index in [9.17, 15) is 5.11 Å². The number of aliphatic hydroxyl groups excluding tert-OH is 1. The monoisotopic (exact) mass is 224 g/mol. The van der Waals surface area contributed by atoms with Crippen molar-refractivity contribution < 1.29 is 14.4 Å². The number of nitrogens with one attached hydrogen (secondary N) is 1. The third-order valence-electron chi connectivity index (χ3n) is 1.95. The number of ether oxygens (including phenoxy) is 1. The van der Waals surface area contributed by atoms with Crippen molar-refractivity contribution >= 4 is 0 Å². The number of imidazole rings is 1. The second-order valence-corrected chi connectivity index (χ2v) is 3.26. The molecule has 0 aliphatic heterocycles. The molecule has 2 rings (SSSR count). The van der Waals surface area contributed by atoms with Crippen LogP contribution < -0.4 is 0 Å². The first-order chi connectivity index (χ1) is 7.79. The molecule has 1 atom stereocenters. The molecule has 0 radical (unpaired) electrons. The van der Waals surface area contributed by atoms with Crippen molar-refractivity contribution in [1.82, 2.24) is 20.1 Å². The van der Waals surface area contributed by atoms with Gasteiger partial charge in [0.25, 0.3) is 0 Å². The van der Waals surface area contributed by atoms with Gasteiger partial charge in [0.1, 0.15) is 0 Å². The fraction of sp³-hybridized carbons (Fsp3) is 0.444. The summed E-state index contributed by atoms with van der Waals surface area (Å²) in [6.45, 7) is 0.235. The van der Waals surface area contributed by atoms with Crippen LogP contribution in [0.3, 0.4) is 0 Å². The lowest BCUT2D eigenvalue weighted by Gasteiger charge is -2.04. The van der Waals surface area contributed by atoms with Crippen molar-refractivity contribution in [2.24, 2.45) is 0 Å². The number of aromatic nitrogens is 4. The molecule has 0 saturated heterocycles. The van der Waals surface area contributed by atoms with Crippen molar-refractivity contribution in [2.75, 3.05) is 13.7 Å². The number of hydrogen-bond acceptors (Lipinski definition) is 6. The Morgan fingerprint density at radius 2 is 2.50 bits per heavy atom. The molecule has 2 N–H and O–H groups in total. The van der Waals surface area contributed by atoms with E-state index < -0.39 is 6.10 Å². The van der Waals surface area contributed by atoms with E-state index in [4.69, 9.17) is 9.26 Å². The van der Waals surface area contributed by atoms with E-state index in [2.05, 4.69) is 20.1 Å². The zero-order valence-electron chi connectivity index (χ0n) is 8.75. The highest BCUT2D eigenvalue weighted by atomic mass is 16.5. The normalized spacial score (nSPS) is 12.9. The number of H-pyrrole nitrogens is 1. The van der Waals surface area contributed by atoms with Crippen molar-refractivity contribution in [3.05, 3.63) is 18.3 Å². The van der Waals surface area contributed by atoms with Crippen molar-refractivity contribution in [3.8, 4) is 11.6 Å². The van der Waals surface area contributed by atoms with E-state index in [1.165, 1.54) is 7.11 Å². The van der Waals surface area contributed by atoms with Gasteiger partial charge >= 0.3 is 0 Å². The first-order valence-electron chi connectivity index (χ1n) is 4.79. The summed E-state index contributed by atoms with van der Waals surface area (Å²) >= 11 is 0. The van der Waals surface area contributed by atoms with Crippen molar-refractivity contribution in [3.63, 3.8) is 0 Å². The molecule has 2 heterocycles. The van der Waals surface area contributed by atoms with Gasteiger partial charge in [-0.1, -0.05) is 5.16 Å². The number of nitrogens with zero attached hydrogens (tertiary/aromatic N) is 3. The fourth-order valence-corrected chi connectivity index (χ4v) is 1.27. The molecule has 7 heteroatoms. The fourth-order valence-electron chi connectivity index (χ4n) is 1.27. The highest BCUT2D eigenvalue weighted by molar-refractivity contribution is 5.40. The summed E-state index contributed by atoms with van der Waals surface area (Å²) in [6, 6.07) is 0. The standard InChI is InChI=1S/C9H12N4O3/c1-15-5-6(14)4-7-12-9(13-16-7)8-10-2-3-11-8/h2-3,6,14H,4-5H2,1H3,(H,10,11). The van der Waals surface area contributed by atoms with Gasteiger partial charge in [0.2, 0.25) is 11.7 Å². The zero-order valence-corrected chi connectivity index (χ0v) is 8.75. The van der Waals surface area contributed by atoms with Gasteiger partial charge in [-0.05, 0) is 0 Å². The average Bonchev–Trinajstić information content (AvgIpc) is 2.86. The molecule has 16 heavy (non-hydrogen) atoms. The molecule has 0 saturated carbocycles. The minimum absolute atomic E-state index is 0.235. The first kappa shape index (κ1) is 10.8. The summed E-state index contributed by atoms with van der Waals surface area (Å²) in [4.78, 5) is 10.9. The summed E-state index contributed by atoms with van der Waals surface area (Å²) < 4.78 is 9.77. The molecule has 0 amide bonds. The molecule has 86 valence electrons. The maximum absolute atomic E-state index is 9.47. The van der Waals surface area contributed by atoms with Crippen LogP contribution in [0.5, 0.6) is 0 Å². The molecule has 2 aromatic rings. The van der Waals surface area contributed by atoms with Gasteiger partial charge in [0.05, 0.1) is 19.1 Å². The summed E-state index contributed by atoms with van der Waals surface area (Å²) in [5.41, 5.74) is 0. The number of hydrogen-bond donors (Lipinski definition) is 2. The van der Waals surface area contributed by atoms with E-state index >= 15 is 0 Å². The highest BCUT2D eigenvalue weighted by Gasteiger charge is 2.14. The second-order valence-electron chi connectivity index (χ2n) is 3.26. The molecule has 0 aromatic carbocycles. The highest BCUT2D eigenvalue weighted by Crippen LogP contribution is 2.10. The Morgan fingerprint density at radius 3 is 3.19 bits per heavy atom. The van der Waals surface area contributed by atoms with Crippen LogP contribution in [-0.2, 0) is 11.2 Å². The van der Waals surface area contributed by atoms with Gasteiger partial charge in [-0.2, -0.15) is 4.98 Å². The van der Waals surface area contributed by atoms with E-state index in [1.54, 1.807) is 12.4 Å². The Kier molecular flexibility index (Phi) is 3.28. The maximum Gasteiger partial charge on any atom is 0.238 e. The lowest BCUT2D eigenvalue weighted by atomic mass is 10.3. The van der Waals surface area contributed by atoms with E-state index in [1.807, 2.05) is 0 Å². The minimum atomic E-state index is -0.644. The summed E-state index contributed by atoms with van der Waals surface area (Å²) in [6.07, 6.45) is 2.90. The second kappa shape index (κ2) is 4.86. The van der Waals surface area contributed by atoms with Crippen LogP contribution in [0.15, 0.2) is 16.9 Å². The van der Waals surface area contributed by atoms with Gasteiger partial charge in [-0.3, -0.25) is 0 Å². The summed E-state index contributed by atoms with van der Waals surface area (Å²) in [5, 5.41) is 13.2. The lowest BCUT2D eigenvalue weighted by molar-refractivity contribution is 0.0599. The molecule has 0 spiro atoms. The minimum Gasteiger partial charge on any atom is -0.390 e. The Labute approximate surface area is 91.5 Å². The Bertz CT molecular complexity index is 426. The van der Waals surface area contributed by atoms with E-state index in [0.717, 1.165) is 0 Å². The quantitative estimate of drug-likeness (QED) is 0.742. The van der Waals surface area contributed by atoms with Crippen molar-refractivity contribution in [1.29, 1.82) is 0 Å². The van der Waals surface area contributed by atoms with Crippen LogP contribution in [0.2, 0.25) is 0 Å². The smallest absolute Gasteiger partial charge is 0.238 e. The number of aromatic amines is 1. The van der Waals surface area contributed by atoms with Crippen LogP contribution in [0.1, 0.15) is 5.89 Å². The molecular weight excluding hydrogens is 212 g/mol. The molecule has 2 aromatic heterocycles. The predicted molar refractivity (Wildman–Crippen MR) is 53.5 cm³/mol. The molecule has 0 aliphatic rings. The van der Waals surface area contributed by atoms with E-state index in [-0.39, 0.29) is 13.0 Å². The van der Waals surface area contributed by atoms with Gasteiger partial charge in [0.15, 0.2) is 5.82 Å². The SMILES string of the molecule is COCC(O)Cc1nc(-c2ncc[nH]2)no1. The topological polar surface area (TPSA) is 97.1 Å². The zero-order chi connectivity index (χ0) is 11.4. The van der Waals surface area contributed by atoms with Crippen LogP contribution in [0.25, 0.3) is 11.6 Å². The van der Waals surface area contributed by atoms with Gasteiger partial charge in [-0.25, -0.2) is 4.98 Å². The molecule has 0 fully saturated rings. The van der Waals surface area contributed by atoms with Gasteiger partial charge in [0, 0.05) is 19.5 Å². The number of methoxy groups -OCH3 is 1. The molecule has 7 nitrogen and oxygen atoms in total. The molecular formula is C9H12N4O3. The van der Waals surface area contributed by atoms with E-state index in [0.29, 0.717) is 17.5 Å².